The summed E-state index contributed by atoms with van der Waals surface area (Å²) in [6.07, 6.45) is 3.35. The third kappa shape index (κ3) is 4.44. The smallest absolute Gasteiger partial charge is 0.304 e. The molecule has 0 saturated heterocycles. The molecule has 116 valence electrons. The van der Waals surface area contributed by atoms with Crippen LogP contribution in [0.2, 0.25) is 5.02 Å². The van der Waals surface area contributed by atoms with Crippen LogP contribution < -0.4 is 10.5 Å². The van der Waals surface area contributed by atoms with Crippen molar-refractivity contribution in [1.29, 1.82) is 0 Å². The molecule has 3 N–H and O–H groups in total. The molecule has 1 aromatic heterocycles. The van der Waals surface area contributed by atoms with Crippen molar-refractivity contribution in [3.8, 4) is 5.75 Å². The molecule has 1 atom stereocenters. The summed E-state index contributed by atoms with van der Waals surface area (Å²) in [6.45, 7) is 0.607. The summed E-state index contributed by atoms with van der Waals surface area (Å²) >= 11 is 6.13. The average molecular weight is 321 g/mol. The molecular weight excluding hydrogens is 304 g/mol. The SMILES string of the molecule is NC[C@H](CC(=O)O)c1ccc(Cl)c(OCc2ccncc2)c1. The van der Waals surface area contributed by atoms with E-state index in [1.165, 1.54) is 0 Å². The number of carboxylic acids is 1. The maximum absolute atomic E-state index is 10.9. The first kappa shape index (κ1) is 16.3. The number of nitrogens with two attached hydrogens (primary N) is 1. The molecule has 0 aliphatic carbocycles. The van der Waals surface area contributed by atoms with Crippen molar-refractivity contribution < 1.29 is 14.6 Å². The Labute approximate surface area is 133 Å². The standard InChI is InChI=1S/C16H17ClN2O3/c17-14-2-1-12(13(9-18)8-16(20)21)7-15(14)22-10-11-3-5-19-6-4-11/h1-7,13H,8-10,18H2,(H,20,21)/t13-/m0/s1. The molecule has 0 spiro atoms. The minimum Gasteiger partial charge on any atom is -0.487 e. The number of nitrogens with zero attached hydrogens (tertiary/aromatic N) is 1. The van der Waals surface area contributed by atoms with E-state index >= 15 is 0 Å². The molecule has 22 heavy (non-hydrogen) atoms. The molecule has 0 aliphatic rings. The number of hydrogen-bond donors (Lipinski definition) is 2. The Kier molecular flexibility index (Phi) is 5.75. The molecule has 6 heteroatoms. The molecule has 1 aromatic carbocycles. The number of ether oxygens (including phenoxy) is 1. The van der Waals surface area contributed by atoms with Crippen molar-refractivity contribution in [2.75, 3.05) is 6.54 Å². The number of aromatic nitrogens is 1. The van der Waals surface area contributed by atoms with Gasteiger partial charge in [-0.1, -0.05) is 17.7 Å². The zero-order valence-corrected chi connectivity index (χ0v) is 12.7. The predicted molar refractivity (Wildman–Crippen MR) is 84.1 cm³/mol. The first-order valence-corrected chi connectivity index (χ1v) is 7.21. The van der Waals surface area contributed by atoms with Gasteiger partial charge in [0.15, 0.2) is 0 Å². The Morgan fingerprint density at radius 1 is 1.32 bits per heavy atom. The van der Waals surface area contributed by atoms with Gasteiger partial charge in [-0.3, -0.25) is 9.78 Å². The summed E-state index contributed by atoms with van der Waals surface area (Å²) in [6, 6.07) is 8.94. The van der Waals surface area contributed by atoms with Gasteiger partial charge >= 0.3 is 5.97 Å². The second-order valence-corrected chi connectivity index (χ2v) is 5.27. The first-order chi connectivity index (χ1) is 10.6. The first-order valence-electron chi connectivity index (χ1n) is 6.83. The third-order valence-corrected chi connectivity index (χ3v) is 3.59. The monoisotopic (exact) mass is 320 g/mol. The fourth-order valence-electron chi connectivity index (χ4n) is 2.07. The molecule has 1 heterocycles. The highest BCUT2D eigenvalue weighted by Crippen LogP contribution is 2.30. The topological polar surface area (TPSA) is 85.4 Å². The van der Waals surface area contributed by atoms with Crippen LogP contribution in [-0.2, 0) is 11.4 Å². The van der Waals surface area contributed by atoms with E-state index in [2.05, 4.69) is 4.98 Å². The molecule has 0 saturated carbocycles. The van der Waals surface area contributed by atoms with Crippen LogP contribution in [0.25, 0.3) is 0 Å². The fourth-order valence-corrected chi connectivity index (χ4v) is 2.24. The van der Waals surface area contributed by atoms with Crippen LogP contribution in [0.4, 0.5) is 0 Å². The third-order valence-electron chi connectivity index (χ3n) is 3.28. The summed E-state index contributed by atoms with van der Waals surface area (Å²) in [5.41, 5.74) is 7.44. The number of pyridine rings is 1. The van der Waals surface area contributed by atoms with E-state index in [0.29, 0.717) is 17.4 Å². The maximum atomic E-state index is 10.9. The van der Waals surface area contributed by atoms with Crippen LogP contribution in [0.5, 0.6) is 5.75 Å². The van der Waals surface area contributed by atoms with Gasteiger partial charge in [-0.25, -0.2) is 0 Å². The molecule has 0 fully saturated rings. The van der Waals surface area contributed by atoms with Crippen LogP contribution in [0.15, 0.2) is 42.7 Å². The molecule has 0 amide bonds. The Morgan fingerprint density at radius 3 is 2.68 bits per heavy atom. The lowest BCUT2D eigenvalue weighted by Crippen LogP contribution is -2.16. The second kappa shape index (κ2) is 7.77. The molecule has 0 aliphatic heterocycles. The molecule has 2 rings (SSSR count). The Bertz CT molecular complexity index is 635. The van der Waals surface area contributed by atoms with Crippen LogP contribution in [-0.4, -0.2) is 22.6 Å². The normalized spacial score (nSPS) is 11.9. The van der Waals surface area contributed by atoms with E-state index in [4.69, 9.17) is 27.2 Å². The number of carbonyl (C=O) groups is 1. The number of carboxylic acid groups (broad SMARTS) is 1. The minimum absolute atomic E-state index is 0.0259. The zero-order chi connectivity index (χ0) is 15.9. The number of aliphatic carboxylic acids is 1. The van der Waals surface area contributed by atoms with Gasteiger partial charge in [0.25, 0.3) is 0 Å². The van der Waals surface area contributed by atoms with Crippen molar-refractivity contribution in [3.63, 3.8) is 0 Å². The number of hydrogen-bond acceptors (Lipinski definition) is 4. The van der Waals surface area contributed by atoms with Crippen molar-refractivity contribution in [2.45, 2.75) is 18.9 Å². The largest absolute Gasteiger partial charge is 0.487 e. The van der Waals surface area contributed by atoms with Gasteiger partial charge in [0.2, 0.25) is 0 Å². The van der Waals surface area contributed by atoms with Gasteiger partial charge in [-0.2, -0.15) is 0 Å². The molecule has 0 bridgehead atoms. The van der Waals surface area contributed by atoms with Crippen molar-refractivity contribution in [3.05, 3.63) is 58.9 Å². The Hall–Kier alpha value is -2.11. The summed E-state index contributed by atoms with van der Waals surface area (Å²) in [4.78, 5) is 14.8. The highest BCUT2D eigenvalue weighted by molar-refractivity contribution is 6.32. The molecule has 0 radical (unpaired) electrons. The average Bonchev–Trinajstić information content (AvgIpc) is 2.53. The van der Waals surface area contributed by atoms with Gasteiger partial charge < -0.3 is 15.6 Å². The highest BCUT2D eigenvalue weighted by atomic mass is 35.5. The molecular formula is C16H17ClN2O3. The lowest BCUT2D eigenvalue weighted by atomic mass is 9.96. The van der Waals surface area contributed by atoms with E-state index in [1.807, 2.05) is 12.1 Å². The lowest BCUT2D eigenvalue weighted by Gasteiger charge is -2.15. The summed E-state index contributed by atoms with van der Waals surface area (Å²) in [5, 5.41) is 9.41. The summed E-state index contributed by atoms with van der Waals surface area (Å²) in [5.74, 6) is -0.637. The fraction of sp³-hybridized carbons (Fsp3) is 0.250. The molecule has 2 aromatic rings. The van der Waals surface area contributed by atoms with E-state index in [-0.39, 0.29) is 18.9 Å². The van der Waals surface area contributed by atoms with Crippen molar-refractivity contribution in [2.24, 2.45) is 5.73 Å². The van der Waals surface area contributed by atoms with E-state index in [0.717, 1.165) is 11.1 Å². The quantitative estimate of drug-likeness (QED) is 0.819. The van der Waals surface area contributed by atoms with Gasteiger partial charge in [-0.05, 0) is 41.9 Å². The number of rotatable bonds is 7. The van der Waals surface area contributed by atoms with Crippen molar-refractivity contribution >= 4 is 17.6 Å². The van der Waals surface area contributed by atoms with Gasteiger partial charge in [0, 0.05) is 18.3 Å². The second-order valence-electron chi connectivity index (χ2n) is 4.86. The van der Waals surface area contributed by atoms with E-state index < -0.39 is 5.97 Å². The van der Waals surface area contributed by atoms with Crippen LogP contribution in [0.3, 0.4) is 0 Å². The van der Waals surface area contributed by atoms with Gasteiger partial charge in [-0.15, -0.1) is 0 Å². The molecule has 5 nitrogen and oxygen atoms in total. The van der Waals surface area contributed by atoms with Crippen molar-refractivity contribution in [1.82, 2.24) is 4.98 Å². The summed E-state index contributed by atoms with van der Waals surface area (Å²) in [7, 11) is 0. The Morgan fingerprint density at radius 2 is 2.05 bits per heavy atom. The minimum atomic E-state index is -0.885. The van der Waals surface area contributed by atoms with Gasteiger partial charge in [0.05, 0.1) is 11.4 Å². The highest BCUT2D eigenvalue weighted by Gasteiger charge is 2.16. The summed E-state index contributed by atoms with van der Waals surface area (Å²) < 4.78 is 5.72. The van der Waals surface area contributed by atoms with E-state index in [1.54, 1.807) is 30.6 Å². The van der Waals surface area contributed by atoms with Crippen LogP contribution in [0.1, 0.15) is 23.5 Å². The van der Waals surface area contributed by atoms with E-state index in [9.17, 15) is 4.79 Å². The maximum Gasteiger partial charge on any atom is 0.304 e. The lowest BCUT2D eigenvalue weighted by molar-refractivity contribution is -0.137. The number of benzene rings is 1. The number of halogens is 1. The zero-order valence-electron chi connectivity index (χ0n) is 11.9. The predicted octanol–water partition coefficient (Wildman–Crippen LogP) is 2.83. The van der Waals surface area contributed by atoms with Crippen LogP contribution >= 0.6 is 11.6 Å². The Balaban J connectivity index is 2.14. The van der Waals surface area contributed by atoms with Crippen LogP contribution in [0, 0.1) is 0 Å². The molecule has 0 unspecified atom stereocenters. The van der Waals surface area contributed by atoms with Gasteiger partial charge in [0.1, 0.15) is 12.4 Å².